The number of benzene rings is 1. The van der Waals surface area contributed by atoms with Crippen molar-refractivity contribution in [1.82, 2.24) is 9.80 Å². The monoisotopic (exact) mass is 334 g/mol. The molecule has 2 aliphatic heterocycles. The molecule has 2 aliphatic rings. The highest BCUT2D eigenvalue weighted by Crippen LogP contribution is 2.20. The van der Waals surface area contributed by atoms with E-state index in [1.807, 2.05) is 0 Å². The van der Waals surface area contributed by atoms with E-state index in [0.29, 0.717) is 63.9 Å². The Morgan fingerprint density at radius 3 is 2.17 bits per heavy atom. The Morgan fingerprint density at radius 1 is 0.917 bits per heavy atom. The second kappa shape index (κ2) is 8.12. The lowest BCUT2D eigenvalue weighted by Crippen LogP contribution is -2.43. The van der Waals surface area contributed by atoms with Crippen molar-refractivity contribution < 1.29 is 23.8 Å². The number of rotatable bonds is 4. The van der Waals surface area contributed by atoms with Crippen LogP contribution in [0.25, 0.3) is 0 Å². The van der Waals surface area contributed by atoms with Gasteiger partial charge in [0.05, 0.1) is 32.0 Å². The molecule has 0 aliphatic carbocycles. The van der Waals surface area contributed by atoms with Crippen LogP contribution in [0.5, 0.6) is 5.75 Å². The van der Waals surface area contributed by atoms with Crippen molar-refractivity contribution >= 4 is 11.8 Å². The number of nitrogens with zero attached hydrogens (tertiary/aromatic N) is 2. The molecule has 2 saturated heterocycles. The standard InChI is InChI=1S/C17H22N2O5/c20-16(18-5-9-22-10-6-18)13-24-15-4-2-1-3-14(15)17(21)19-7-11-23-12-8-19/h1-4H,5-13H2. The summed E-state index contributed by atoms with van der Waals surface area (Å²) in [5.41, 5.74) is 0.481. The van der Waals surface area contributed by atoms with Gasteiger partial charge in [0.25, 0.3) is 11.8 Å². The zero-order valence-corrected chi connectivity index (χ0v) is 13.6. The van der Waals surface area contributed by atoms with Gasteiger partial charge < -0.3 is 24.0 Å². The number of hydrogen-bond donors (Lipinski definition) is 0. The van der Waals surface area contributed by atoms with Gasteiger partial charge in [0, 0.05) is 26.2 Å². The third-order valence-corrected chi connectivity index (χ3v) is 4.13. The zero-order chi connectivity index (χ0) is 16.8. The van der Waals surface area contributed by atoms with E-state index >= 15 is 0 Å². The van der Waals surface area contributed by atoms with E-state index in [-0.39, 0.29) is 18.4 Å². The first-order chi connectivity index (χ1) is 11.8. The average Bonchev–Trinajstić information content (AvgIpc) is 2.67. The van der Waals surface area contributed by atoms with Gasteiger partial charge in [-0.15, -0.1) is 0 Å². The Morgan fingerprint density at radius 2 is 1.50 bits per heavy atom. The molecule has 0 saturated carbocycles. The quantitative estimate of drug-likeness (QED) is 0.797. The van der Waals surface area contributed by atoms with Gasteiger partial charge in [-0.1, -0.05) is 12.1 Å². The van der Waals surface area contributed by atoms with Gasteiger partial charge in [0.2, 0.25) is 0 Å². The third kappa shape index (κ3) is 4.04. The maximum atomic E-state index is 12.6. The van der Waals surface area contributed by atoms with Crippen molar-refractivity contribution in [2.75, 3.05) is 59.2 Å². The predicted octanol–water partition coefficient (Wildman–Crippen LogP) is 0.397. The molecule has 0 spiro atoms. The number of para-hydroxylation sites is 1. The molecule has 2 fully saturated rings. The Balaban J connectivity index is 1.63. The van der Waals surface area contributed by atoms with E-state index in [2.05, 4.69) is 0 Å². The highest BCUT2D eigenvalue weighted by molar-refractivity contribution is 5.97. The minimum Gasteiger partial charge on any atom is -0.483 e. The van der Waals surface area contributed by atoms with Crippen LogP contribution in [0.15, 0.2) is 24.3 Å². The van der Waals surface area contributed by atoms with Crippen LogP contribution in [0.1, 0.15) is 10.4 Å². The third-order valence-electron chi connectivity index (χ3n) is 4.13. The molecular weight excluding hydrogens is 312 g/mol. The molecule has 0 unspecified atom stereocenters. The van der Waals surface area contributed by atoms with Gasteiger partial charge in [0.15, 0.2) is 6.61 Å². The van der Waals surface area contributed by atoms with E-state index in [0.717, 1.165) is 0 Å². The molecule has 7 nitrogen and oxygen atoms in total. The van der Waals surface area contributed by atoms with Crippen LogP contribution in [-0.2, 0) is 14.3 Å². The van der Waals surface area contributed by atoms with Crippen LogP contribution in [0.3, 0.4) is 0 Å². The normalized spacial score (nSPS) is 18.3. The lowest BCUT2D eigenvalue weighted by molar-refractivity contribution is -0.137. The maximum Gasteiger partial charge on any atom is 0.260 e. The first-order valence-electron chi connectivity index (χ1n) is 8.20. The molecule has 0 aromatic heterocycles. The molecule has 0 bridgehead atoms. The Labute approximate surface area is 141 Å². The summed E-state index contributed by atoms with van der Waals surface area (Å²) in [6.07, 6.45) is 0. The van der Waals surface area contributed by atoms with Gasteiger partial charge in [-0.05, 0) is 12.1 Å². The number of hydrogen-bond acceptors (Lipinski definition) is 5. The molecule has 2 amide bonds. The molecule has 3 rings (SSSR count). The fourth-order valence-corrected chi connectivity index (χ4v) is 2.75. The van der Waals surface area contributed by atoms with Crippen LogP contribution >= 0.6 is 0 Å². The number of carbonyl (C=O) groups excluding carboxylic acids is 2. The number of amides is 2. The number of ether oxygens (including phenoxy) is 3. The van der Waals surface area contributed by atoms with Gasteiger partial charge in [-0.3, -0.25) is 9.59 Å². The van der Waals surface area contributed by atoms with Crippen LogP contribution in [0.4, 0.5) is 0 Å². The molecular formula is C17H22N2O5. The summed E-state index contributed by atoms with van der Waals surface area (Å²) in [6, 6.07) is 7.04. The van der Waals surface area contributed by atoms with E-state index in [1.165, 1.54) is 0 Å². The Bertz CT molecular complexity index is 580. The van der Waals surface area contributed by atoms with Crippen molar-refractivity contribution in [3.8, 4) is 5.75 Å². The van der Waals surface area contributed by atoms with Gasteiger partial charge >= 0.3 is 0 Å². The minimum absolute atomic E-state index is 0.0760. The van der Waals surface area contributed by atoms with Crippen LogP contribution in [0, 0.1) is 0 Å². The van der Waals surface area contributed by atoms with Crippen molar-refractivity contribution in [2.45, 2.75) is 0 Å². The summed E-state index contributed by atoms with van der Waals surface area (Å²) in [7, 11) is 0. The van der Waals surface area contributed by atoms with Gasteiger partial charge in [-0.25, -0.2) is 0 Å². The minimum atomic E-state index is -0.0908. The predicted molar refractivity (Wildman–Crippen MR) is 86.1 cm³/mol. The van der Waals surface area contributed by atoms with E-state index < -0.39 is 0 Å². The van der Waals surface area contributed by atoms with E-state index in [9.17, 15) is 9.59 Å². The molecule has 1 aromatic rings. The van der Waals surface area contributed by atoms with E-state index in [4.69, 9.17) is 14.2 Å². The van der Waals surface area contributed by atoms with Crippen molar-refractivity contribution in [1.29, 1.82) is 0 Å². The Hall–Kier alpha value is -2.12. The number of carbonyl (C=O) groups is 2. The largest absolute Gasteiger partial charge is 0.483 e. The van der Waals surface area contributed by atoms with Crippen LogP contribution < -0.4 is 4.74 Å². The van der Waals surface area contributed by atoms with Crippen LogP contribution in [-0.4, -0.2) is 80.8 Å². The highest BCUT2D eigenvalue weighted by Gasteiger charge is 2.23. The van der Waals surface area contributed by atoms with Crippen molar-refractivity contribution in [3.63, 3.8) is 0 Å². The van der Waals surface area contributed by atoms with Crippen molar-refractivity contribution in [2.24, 2.45) is 0 Å². The molecule has 0 atom stereocenters. The molecule has 0 radical (unpaired) electrons. The first kappa shape index (κ1) is 16.7. The molecule has 0 N–H and O–H groups in total. The van der Waals surface area contributed by atoms with Crippen LogP contribution in [0.2, 0.25) is 0 Å². The highest BCUT2D eigenvalue weighted by atomic mass is 16.5. The first-order valence-corrected chi connectivity index (χ1v) is 8.20. The molecule has 1 aromatic carbocycles. The topological polar surface area (TPSA) is 68.3 Å². The smallest absolute Gasteiger partial charge is 0.260 e. The molecule has 2 heterocycles. The molecule has 24 heavy (non-hydrogen) atoms. The second-order valence-electron chi connectivity index (χ2n) is 5.68. The second-order valence-corrected chi connectivity index (χ2v) is 5.68. The summed E-state index contributed by atoms with van der Waals surface area (Å²) < 4.78 is 16.2. The average molecular weight is 334 g/mol. The maximum absolute atomic E-state index is 12.6. The summed E-state index contributed by atoms with van der Waals surface area (Å²) in [4.78, 5) is 28.3. The SMILES string of the molecule is O=C(COc1ccccc1C(=O)N1CCOCC1)N1CCOCC1. The lowest BCUT2D eigenvalue weighted by Gasteiger charge is -2.28. The van der Waals surface area contributed by atoms with E-state index in [1.54, 1.807) is 34.1 Å². The van der Waals surface area contributed by atoms with Crippen molar-refractivity contribution in [3.05, 3.63) is 29.8 Å². The molecule has 130 valence electrons. The summed E-state index contributed by atoms with van der Waals surface area (Å²) >= 11 is 0. The van der Waals surface area contributed by atoms with Gasteiger partial charge in [-0.2, -0.15) is 0 Å². The number of morpholine rings is 2. The lowest BCUT2D eigenvalue weighted by atomic mass is 10.1. The Kier molecular flexibility index (Phi) is 5.66. The fraction of sp³-hybridized carbons (Fsp3) is 0.529. The molecule has 7 heteroatoms. The van der Waals surface area contributed by atoms with Gasteiger partial charge in [0.1, 0.15) is 5.75 Å². The summed E-state index contributed by atoms with van der Waals surface area (Å²) in [6.45, 7) is 4.42. The fourth-order valence-electron chi connectivity index (χ4n) is 2.75. The zero-order valence-electron chi connectivity index (χ0n) is 13.6. The summed E-state index contributed by atoms with van der Waals surface area (Å²) in [5, 5.41) is 0. The summed E-state index contributed by atoms with van der Waals surface area (Å²) in [5.74, 6) is 0.259.